The molecule has 24 heavy (non-hydrogen) atoms. The Bertz CT molecular complexity index is 570. The highest BCUT2D eigenvalue weighted by Crippen LogP contribution is 2.33. The molecule has 1 aromatic carbocycles. The van der Waals surface area contributed by atoms with Crippen LogP contribution in [0.15, 0.2) is 23.1 Å². The van der Waals surface area contributed by atoms with E-state index in [0.717, 1.165) is 25.9 Å². The van der Waals surface area contributed by atoms with E-state index >= 15 is 0 Å². The first kappa shape index (κ1) is 17.8. The van der Waals surface area contributed by atoms with Crippen LogP contribution < -0.4 is 10.6 Å². The molecule has 1 saturated heterocycles. The van der Waals surface area contributed by atoms with Gasteiger partial charge in [-0.25, -0.2) is 0 Å². The van der Waals surface area contributed by atoms with Crippen LogP contribution in [0.3, 0.4) is 0 Å². The van der Waals surface area contributed by atoms with Crippen molar-refractivity contribution < 1.29 is 4.79 Å². The predicted molar refractivity (Wildman–Crippen MR) is 101 cm³/mol. The van der Waals surface area contributed by atoms with Crippen LogP contribution in [0.1, 0.15) is 42.9 Å². The molecule has 1 aromatic rings. The Morgan fingerprint density at radius 2 is 2.08 bits per heavy atom. The Hall–Kier alpha value is -1.04. The van der Waals surface area contributed by atoms with Gasteiger partial charge in [-0.2, -0.15) is 0 Å². The van der Waals surface area contributed by atoms with Crippen LogP contribution in [-0.4, -0.2) is 49.8 Å². The van der Waals surface area contributed by atoms with Crippen LogP contribution in [0, 0.1) is 0 Å². The zero-order valence-electron chi connectivity index (χ0n) is 14.8. The molecule has 1 aliphatic carbocycles. The third-order valence-electron chi connectivity index (χ3n) is 5.33. The number of hydrogen-bond acceptors (Lipinski definition) is 4. The Labute approximate surface area is 149 Å². The largest absolute Gasteiger partial charge is 0.358 e. The summed E-state index contributed by atoms with van der Waals surface area (Å²) in [6.45, 7) is 2.55. The van der Waals surface area contributed by atoms with Gasteiger partial charge in [0.15, 0.2) is 0 Å². The molecule has 0 unspecified atom stereocenters. The molecule has 2 N–H and O–H groups in total. The molecule has 0 aromatic heterocycles. The number of nitrogens with one attached hydrogen (secondary N) is 2. The van der Waals surface area contributed by atoms with Crippen LogP contribution in [0.5, 0.6) is 0 Å². The fourth-order valence-corrected chi connectivity index (χ4v) is 4.38. The van der Waals surface area contributed by atoms with Crippen molar-refractivity contribution in [1.29, 1.82) is 0 Å². The number of aryl methyl sites for hydroxylation is 1. The van der Waals surface area contributed by atoms with Gasteiger partial charge in [0.25, 0.3) is 0 Å². The molecular weight excluding hydrogens is 318 g/mol. The van der Waals surface area contributed by atoms with Crippen LogP contribution in [-0.2, 0) is 11.2 Å². The minimum absolute atomic E-state index is 0.118. The van der Waals surface area contributed by atoms with Gasteiger partial charge in [0.2, 0.25) is 5.91 Å². The molecule has 0 bridgehead atoms. The lowest BCUT2D eigenvalue weighted by Gasteiger charge is -2.36. The minimum Gasteiger partial charge on any atom is -0.358 e. The fraction of sp³-hybridized carbons (Fsp3) is 0.632. The number of thioether (sulfide) groups is 1. The molecule has 1 amide bonds. The van der Waals surface area contributed by atoms with Gasteiger partial charge in [0, 0.05) is 37.1 Å². The van der Waals surface area contributed by atoms with E-state index in [2.05, 4.69) is 40.0 Å². The van der Waals surface area contributed by atoms with Crippen molar-refractivity contribution in [3.05, 3.63) is 29.3 Å². The lowest BCUT2D eigenvalue weighted by atomic mass is 9.87. The highest BCUT2D eigenvalue weighted by Gasteiger charge is 2.26. The van der Waals surface area contributed by atoms with Crippen molar-refractivity contribution in [2.24, 2.45) is 0 Å². The van der Waals surface area contributed by atoms with Gasteiger partial charge < -0.3 is 10.6 Å². The smallest absolute Gasteiger partial charge is 0.233 e. The van der Waals surface area contributed by atoms with E-state index in [1.165, 1.54) is 35.3 Å². The van der Waals surface area contributed by atoms with E-state index in [1.807, 2.05) is 11.8 Å². The van der Waals surface area contributed by atoms with Gasteiger partial charge in [0.05, 0.1) is 6.54 Å². The first-order chi connectivity index (χ1) is 11.7. The van der Waals surface area contributed by atoms with Crippen molar-refractivity contribution >= 4 is 17.7 Å². The van der Waals surface area contributed by atoms with Crippen molar-refractivity contribution in [2.75, 3.05) is 32.9 Å². The molecule has 1 atom stereocenters. The number of fused-ring (bicyclic) bond motifs is 1. The van der Waals surface area contributed by atoms with Gasteiger partial charge in [-0.05, 0) is 61.6 Å². The second-order valence-corrected chi connectivity index (χ2v) is 7.78. The number of amides is 1. The molecular formula is C19H29N3OS. The van der Waals surface area contributed by atoms with E-state index in [1.54, 1.807) is 7.05 Å². The molecule has 132 valence electrons. The molecule has 0 spiro atoms. The number of piperidine rings is 1. The Morgan fingerprint density at radius 1 is 1.29 bits per heavy atom. The maximum absolute atomic E-state index is 11.5. The van der Waals surface area contributed by atoms with Gasteiger partial charge in [0.1, 0.15) is 0 Å². The average molecular weight is 348 g/mol. The summed E-state index contributed by atoms with van der Waals surface area (Å²) in [7, 11) is 1.71. The summed E-state index contributed by atoms with van der Waals surface area (Å²) in [6, 6.07) is 8.04. The Kier molecular flexibility index (Phi) is 6.19. The number of likely N-dealkylation sites (tertiary alicyclic amines) is 1. The number of carbonyl (C=O) groups is 1. The van der Waals surface area contributed by atoms with Gasteiger partial charge in [-0.1, -0.05) is 6.07 Å². The zero-order valence-corrected chi connectivity index (χ0v) is 15.6. The monoisotopic (exact) mass is 347 g/mol. The summed E-state index contributed by atoms with van der Waals surface area (Å²) in [5.41, 5.74) is 3.04. The SMILES string of the molecule is CNC(=O)CN1CCC(N[C@@H]2CCCc3cc(SC)ccc32)CC1. The first-order valence-corrected chi connectivity index (χ1v) is 10.3. The van der Waals surface area contributed by atoms with Crippen molar-refractivity contribution in [3.63, 3.8) is 0 Å². The normalized spacial score (nSPS) is 22.2. The topological polar surface area (TPSA) is 44.4 Å². The van der Waals surface area contributed by atoms with E-state index in [0.29, 0.717) is 18.6 Å². The van der Waals surface area contributed by atoms with E-state index in [-0.39, 0.29) is 5.91 Å². The summed E-state index contributed by atoms with van der Waals surface area (Å²) in [5.74, 6) is 0.118. The average Bonchev–Trinajstić information content (AvgIpc) is 2.63. The molecule has 3 rings (SSSR count). The quantitative estimate of drug-likeness (QED) is 0.804. The summed E-state index contributed by atoms with van der Waals surface area (Å²) >= 11 is 1.83. The molecule has 0 radical (unpaired) electrons. The highest BCUT2D eigenvalue weighted by atomic mass is 32.2. The lowest BCUT2D eigenvalue weighted by molar-refractivity contribution is -0.122. The van der Waals surface area contributed by atoms with Crippen molar-refractivity contribution in [1.82, 2.24) is 15.5 Å². The fourth-order valence-electron chi connectivity index (χ4n) is 3.92. The summed E-state index contributed by atoms with van der Waals surface area (Å²) in [4.78, 5) is 15.1. The molecule has 4 nitrogen and oxygen atoms in total. The Balaban J connectivity index is 1.56. The third-order valence-corrected chi connectivity index (χ3v) is 6.06. The van der Waals surface area contributed by atoms with E-state index in [4.69, 9.17) is 0 Å². The summed E-state index contributed by atoms with van der Waals surface area (Å²) in [5, 5.41) is 6.62. The maximum Gasteiger partial charge on any atom is 0.233 e. The highest BCUT2D eigenvalue weighted by molar-refractivity contribution is 7.98. The molecule has 1 fully saturated rings. The zero-order chi connectivity index (χ0) is 16.9. The maximum atomic E-state index is 11.5. The number of rotatable bonds is 5. The van der Waals surface area contributed by atoms with Crippen molar-refractivity contribution in [3.8, 4) is 0 Å². The third kappa shape index (κ3) is 4.32. The second-order valence-electron chi connectivity index (χ2n) is 6.90. The molecule has 2 aliphatic rings. The second kappa shape index (κ2) is 8.37. The van der Waals surface area contributed by atoms with Gasteiger partial charge in [-0.15, -0.1) is 11.8 Å². The number of carbonyl (C=O) groups excluding carboxylic acids is 1. The summed E-state index contributed by atoms with van der Waals surface area (Å²) < 4.78 is 0. The van der Waals surface area contributed by atoms with Crippen LogP contribution >= 0.6 is 11.8 Å². The molecule has 5 heteroatoms. The molecule has 1 aliphatic heterocycles. The number of nitrogens with zero attached hydrogens (tertiary/aromatic N) is 1. The Morgan fingerprint density at radius 3 is 2.79 bits per heavy atom. The van der Waals surface area contributed by atoms with E-state index < -0.39 is 0 Å². The van der Waals surface area contributed by atoms with Gasteiger partial charge >= 0.3 is 0 Å². The van der Waals surface area contributed by atoms with Crippen LogP contribution in [0.2, 0.25) is 0 Å². The molecule has 0 saturated carbocycles. The number of hydrogen-bond donors (Lipinski definition) is 2. The van der Waals surface area contributed by atoms with Crippen LogP contribution in [0.4, 0.5) is 0 Å². The minimum atomic E-state index is 0.118. The molecule has 1 heterocycles. The van der Waals surface area contributed by atoms with Gasteiger partial charge in [-0.3, -0.25) is 9.69 Å². The first-order valence-electron chi connectivity index (χ1n) is 9.05. The van der Waals surface area contributed by atoms with E-state index in [9.17, 15) is 4.79 Å². The number of benzene rings is 1. The lowest BCUT2D eigenvalue weighted by Crippen LogP contribution is -2.46. The van der Waals surface area contributed by atoms with Crippen molar-refractivity contribution in [2.45, 2.75) is 49.1 Å². The predicted octanol–water partition coefficient (Wildman–Crippen LogP) is 2.59. The summed E-state index contributed by atoms with van der Waals surface area (Å²) in [6.07, 6.45) is 8.14. The number of likely N-dealkylation sites (N-methyl/N-ethyl adjacent to an activating group) is 1. The van der Waals surface area contributed by atoms with Crippen LogP contribution in [0.25, 0.3) is 0 Å². The standard InChI is InChI=1S/C19H29N3OS/c1-20-19(23)13-22-10-8-15(9-11-22)21-18-5-3-4-14-12-16(24-2)6-7-17(14)18/h6-7,12,15,18,21H,3-5,8-11,13H2,1-2H3,(H,20,23)/t18-/m1/s1.